The van der Waals surface area contributed by atoms with E-state index in [0.717, 1.165) is 24.1 Å². The summed E-state index contributed by atoms with van der Waals surface area (Å²) < 4.78 is 7.12. The molecule has 0 aliphatic carbocycles. The van der Waals surface area contributed by atoms with E-state index in [1.807, 2.05) is 7.05 Å². The zero-order chi connectivity index (χ0) is 14.0. The Morgan fingerprint density at radius 1 is 1.47 bits per heavy atom. The topological polar surface area (TPSA) is 24.5 Å². The van der Waals surface area contributed by atoms with E-state index in [2.05, 4.69) is 65.1 Å². The Bertz CT molecular complexity index is 448. The van der Waals surface area contributed by atoms with Gasteiger partial charge in [-0.3, -0.25) is 0 Å². The van der Waals surface area contributed by atoms with Gasteiger partial charge in [0.15, 0.2) is 0 Å². The van der Waals surface area contributed by atoms with Crippen LogP contribution in [0.15, 0.2) is 22.7 Å². The summed E-state index contributed by atoms with van der Waals surface area (Å²) in [6.45, 7) is 9.19. The van der Waals surface area contributed by atoms with E-state index < -0.39 is 0 Å². The Kier molecular flexibility index (Phi) is 4.54. The highest BCUT2D eigenvalue weighted by Gasteiger charge is 2.31. The van der Waals surface area contributed by atoms with E-state index in [9.17, 15) is 0 Å². The van der Waals surface area contributed by atoms with Crippen molar-refractivity contribution in [2.75, 3.05) is 25.0 Å². The molecule has 106 valence electrons. The van der Waals surface area contributed by atoms with E-state index in [4.69, 9.17) is 4.74 Å². The third-order valence-electron chi connectivity index (χ3n) is 3.30. The fourth-order valence-electron chi connectivity index (χ4n) is 2.76. The molecule has 1 fully saturated rings. The summed E-state index contributed by atoms with van der Waals surface area (Å²) in [5.74, 6) is 0. The number of halogens is 1. The van der Waals surface area contributed by atoms with Crippen LogP contribution in [0.2, 0.25) is 0 Å². The third kappa shape index (κ3) is 3.71. The van der Waals surface area contributed by atoms with E-state index in [1.54, 1.807) is 0 Å². The molecule has 0 bridgehead atoms. The lowest BCUT2D eigenvalue weighted by Crippen LogP contribution is -2.52. The Morgan fingerprint density at radius 2 is 2.21 bits per heavy atom. The Labute approximate surface area is 124 Å². The SMILES string of the molecule is CNCc1ccc(N2CC(C)OC(C)(C)C2)c(Br)c1. The van der Waals surface area contributed by atoms with Crippen LogP contribution in [-0.2, 0) is 11.3 Å². The van der Waals surface area contributed by atoms with Crippen LogP contribution in [0.25, 0.3) is 0 Å². The van der Waals surface area contributed by atoms with E-state index in [-0.39, 0.29) is 11.7 Å². The van der Waals surface area contributed by atoms with Gasteiger partial charge in [-0.2, -0.15) is 0 Å². The smallest absolute Gasteiger partial charge is 0.0805 e. The minimum atomic E-state index is -0.0965. The second kappa shape index (κ2) is 5.81. The van der Waals surface area contributed by atoms with E-state index in [1.165, 1.54) is 11.3 Å². The molecule has 1 aliphatic heterocycles. The average Bonchev–Trinajstić information content (AvgIpc) is 2.26. The molecule has 1 heterocycles. The van der Waals surface area contributed by atoms with Gasteiger partial charge in [-0.1, -0.05) is 6.07 Å². The molecule has 1 atom stereocenters. The van der Waals surface area contributed by atoms with Crippen molar-refractivity contribution in [1.29, 1.82) is 0 Å². The molecular formula is C15H23BrN2O. The number of morpholine rings is 1. The number of nitrogens with one attached hydrogen (secondary N) is 1. The van der Waals surface area contributed by atoms with Crippen LogP contribution in [0.1, 0.15) is 26.3 Å². The van der Waals surface area contributed by atoms with Gasteiger partial charge >= 0.3 is 0 Å². The minimum absolute atomic E-state index is 0.0965. The highest BCUT2D eigenvalue weighted by molar-refractivity contribution is 9.10. The summed E-state index contributed by atoms with van der Waals surface area (Å²) in [4.78, 5) is 2.40. The lowest BCUT2D eigenvalue weighted by Gasteiger charge is -2.43. The van der Waals surface area contributed by atoms with Gasteiger partial charge in [0.05, 0.1) is 17.4 Å². The number of hydrogen-bond donors (Lipinski definition) is 1. The highest BCUT2D eigenvalue weighted by atomic mass is 79.9. The molecule has 0 radical (unpaired) electrons. The first-order valence-corrected chi connectivity index (χ1v) is 7.56. The average molecular weight is 327 g/mol. The molecule has 19 heavy (non-hydrogen) atoms. The Balaban J connectivity index is 2.21. The molecule has 0 saturated carbocycles. The maximum Gasteiger partial charge on any atom is 0.0805 e. The maximum absolute atomic E-state index is 5.96. The summed E-state index contributed by atoms with van der Waals surface area (Å²) in [7, 11) is 1.97. The molecular weight excluding hydrogens is 304 g/mol. The molecule has 1 aliphatic rings. The largest absolute Gasteiger partial charge is 0.369 e. The summed E-state index contributed by atoms with van der Waals surface area (Å²) >= 11 is 3.70. The lowest BCUT2D eigenvalue weighted by molar-refractivity contribution is -0.0750. The first kappa shape index (κ1) is 14.8. The van der Waals surface area contributed by atoms with Gasteiger partial charge < -0.3 is 15.0 Å². The second-order valence-corrected chi connectivity index (χ2v) is 6.74. The maximum atomic E-state index is 5.96. The molecule has 1 saturated heterocycles. The van der Waals surface area contributed by atoms with Crippen LogP contribution in [0, 0.1) is 0 Å². The van der Waals surface area contributed by atoms with Crippen molar-refractivity contribution >= 4 is 21.6 Å². The standard InChI is InChI=1S/C15H23BrN2O/c1-11-9-18(10-15(2,3)19-11)14-6-5-12(8-17-4)7-13(14)16/h5-7,11,17H,8-10H2,1-4H3. The Hall–Kier alpha value is -0.580. The van der Waals surface area contributed by atoms with Crippen LogP contribution < -0.4 is 10.2 Å². The van der Waals surface area contributed by atoms with Gasteiger partial charge in [-0.05, 0) is 61.4 Å². The van der Waals surface area contributed by atoms with Gasteiger partial charge in [-0.15, -0.1) is 0 Å². The molecule has 4 heteroatoms. The number of hydrogen-bond acceptors (Lipinski definition) is 3. The number of benzene rings is 1. The lowest BCUT2D eigenvalue weighted by atomic mass is 10.0. The molecule has 0 amide bonds. The number of rotatable bonds is 3. The zero-order valence-corrected chi connectivity index (χ0v) is 13.8. The number of nitrogens with zero attached hydrogens (tertiary/aromatic N) is 1. The number of anilines is 1. The fraction of sp³-hybridized carbons (Fsp3) is 0.600. The predicted octanol–water partition coefficient (Wildman–Crippen LogP) is 3.17. The normalized spacial score (nSPS) is 22.6. The highest BCUT2D eigenvalue weighted by Crippen LogP contribution is 2.32. The molecule has 1 N–H and O–H groups in total. The van der Waals surface area contributed by atoms with Gasteiger partial charge in [-0.25, -0.2) is 0 Å². The van der Waals surface area contributed by atoms with E-state index in [0.29, 0.717) is 0 Å². The van der Waals surface area contributed by atoms with Crippen LogP contribution >= 0.6 is 15.9 Å². The minimum Gasteiger partial charge on any atom is -0.369 e. The van der Waals surface area contributed by atoms with Crippen LogP contribution in [-0.4, -0.2) is 31.8 Å². The fourth-order valence-corrected chi connectivity index (χ4v) is 3.44. The predicted molar refractivity (Wildman–Crippen MR) is 83.7 cm³/mol. The van der Waals surface area contributed by atoms with Gasteiger partial charge in [0.25, 0.3) is 0 Å². The Morgan fingerprint density at radius 3 is 2.79 bits per heavy atom. The molecule has 3 nitrogen and oxygen atoms in total. The van der Waals surface area contributed by atoms with Crippen molar-refractivity contribution in [3.05, 3.63) is 28.2 Å². The first-order valence-electron chi connectivity index (χ1n) is 6.77. The van der Waals surface area contributed by atoms with Crippen molar-refractivity contribution < 1.29 is 4.74 Å². The van der Waals surface area contributed by atoms with E-state index >= 15 is 0 Å². The zero-order valence-electron chi connectivity index (χ0n) is 12.2. The van der Waals surface area contributed by atoms with Gasteiger partial charge in [0.1, 0.15) is 0 Å². The molecule has 0 spiro atoms. The van der Waals surface area contributed by atoms with Gasteiger partial charge in [0.2, 0.25) is 0 Å². The monoisotopic (exact) mass is 326 g/mol. The molecule has 1 aromatic rings. The van der Waals surface area contributed by atoms with Crippen molar-refractivity contribution in [3.63, 3.8) is 0 Å². The molecule has 1 unspecified atom stereocenters. The summed E-state index contributed by atoms with van der Waals surface area (Å²) in [5, 5.41) is 3.18. The third-order valence-corrected chi connectivity index (χ3v) is 3.94. The van der Waals surface area contributed by atoms with Crippen molar-refractivity contribution in [2.45, 2.75) is 39.0 Å². The summed E-state index contributed by atoms with van der Waals surface area (Å²) in [6, 6.07) is 6.58. The first-order chi connectivity index (χ1) is 8.91. The van der Waals surface area contributed by atoms with Crippen molar-refractivity contribution in [3.8, 4) is 0 Å². The van der Waals surface area contributed by atoms with Crippen LogP contribution in [0.3, 0.4) is 0 Å². The molecule has 2 rings (SSSR count). The molecule has 1 aromatic carbocycles. The van der Waals surface area contributed by atoms with Crippen molar-refractivity contribution in [2.24, 2.45) is 0 Å². The quantitative estimate of drug-likeness (QED) is 0.923. The van der Waals surface area contributed by atoms with Gasteiger partial charge in [0, 0.05) is 24.1 Å². The summed E-state index contributed by atoms with van der Waals surface area (Å²) in [5.41, 5.74) is 2.45. The van der Waals surface area contributed by atoms with Crippen LogP contribution in [0.4, 0.5) is 5.69 Å². The molecule has 0 aromatic heterocycles. The number of ether oxygens (including phenoxy) is 1. The summed E-state index contributed by atoms with van der Waals surface area (Å²) in [6.07, 6.45) is 0.257. The van der Waals surface area contributed by atoms with Crippen molar-refractivity contribution in [1.82, 2.24) is 5.32 Å². The van der Waals surface area contributed by atoms with Crippen LogP contribution in [0.5, 0.6) is 0 Å². The second-order valence-electron chi connectivity index (χ2n) is 5.88.